The van der Waals surface area contributed by atoms with Crippen LogP contribution in [0.5, 0.6) is 0 Å². The maximum atomic E-state index is 5.78. The number of hydrogen-bond donors (Lipinski definition) is 1. The van der Waals surface area contributed by atoms with Gasteiger partial charge >= 0.3 is 0 Å². The van der Waals surface area contributed by atoms with Crippen LogP contribution in [0.1, 0.15) is 24.3 Å². The van der Waals surface area contributed by atoms with E-state index in [1.807, 2.05) is 18.2 Å². The summed E-state index contributed by atoms with van der Waals surface area (Å²) in [5, 5.41) is 4.11. The van der Waals surface area contributed by atoms with Gasteiger partial charge in [0.1, 0.15) is 0 Å². The zero-order valence-corrected chi connectivity index (χ0v) is 12.5. The van der Waals surface area contributed by atoms with Crippen LogP contribution in [0, 0.1) is 12.8 Å². The van der Waals surface area contributed by atoms with Gasteiger partial charge in [0.05, 0.1) is 6.54 Å². The van der Waals surface area contributed by atoms with Gasteiger partial charge in [0.2, 0.25) is 11.7 Å². The normalized spacial score (nSPS) is 19.8. The molecule has 2 aromatic rings. The first-order chi connectivity index (χ1) is 10.3. The molecule has 112 valence electrons. The predicted octanol–water partition coefficient (Wildman–Crippen LogP) is 2.22. The fourth-order valence-electron chi connectivity index (χ4n) is 2.93. The predicted molar refractivity (Wildman–Crippen MR) is 81.5 cm³/mol. The summed E-state index contributed by atoms with van der Waals surface area (Å²) in [6.07, 6.45) is 2.42. The maximum Gasteiger partial charge on any atom is 0.241 e. The summed E-state index contributed by atoms with van der Waals surface area (Å²) < 4.78 is 5.41. The molecule has 0 spiro atoms. The molecule has 1 aromatic heterocycles. The molecule has 0 bridgehead atoms. The first kappa shape index (κ1) is 14.2. The monoisotopic (exact) mass is 286 g/mol. The largest absolute Gasteiger partial charge is 0.338 e. The zero-order valence-electron chi connectivity index (χ0n) is 12.5. The molecule has 1 atom stereocenters. The molecule has 1 unspecified atom stereocenters. The van der Waals surface area contributed by atoms with Crippen molar-refractivity contribution in [2.24, 2.45) is 11.7 Å². The molecule has 0 saturated carbocycles. The van der Waals surface area contributed by atoms with E-state index in [0.717, 1.165) is 37.3 Å². The van der Waals surface area contributed by atoms with Gasteiger partial charge in [-0.25, -0.2) is 0 Å². The van der Waals surface area contributed by atoms with Gasteiger partial charge in [0, 0.05) is 12.1 Å². The molecule has 1 aliphatic heterocycles. The molecule has 21 heavy (non-hydrogen) atoms. The number of nitrogens with zero attached hydrogens (tertiary/aromatic N) is 3. The Morgan fingerprint density at radius 1 is 1.38 bits per heavy atom. The molecule has 1 aromatic carbocycles. The standard InChI is InChI=1S/C16H22N4O/c1-12-5-2-3-7-14(12)16-18-15(21-19-16)11-20-8-4-6-13(9-17)10-20/h2-3,5,7,13H,4,6,8-11,17H2,1H3. The van der Waals surface area contributed by atoms with E-state index in [9.17, 15) is 0 Å². The van der Waals surface area contributed by atoms with Crippen molar-refractivity contribution in [1.82, 2.24) is 15.0 Å². The lowest BCUT2D eigenvalue weighted by Gasteiger charge is -2.30. The molecule has 1 aliphatic rings. The highest BCUT2D eigenvalue weighted by Crippen LogP contribution is 2.21. The minimum Gasteiger partial charge on any atom is -0.338 e. The number of aryl methyl sites for hydroxylation is 1. The lowest BCUT2D eigenvalue weighted by Crippen LogP contribution is -2.37. The third kappa shape index (κ3) is 3.31. The van der Waals surface area contributed by atoms with Crippen molar-refractivity contribution >= 4 is 0 Å². The first-order valence-corrected chi connectivity index (χ1v) is 7.57. The van der Waals surface area contributed by atoms with Gasteiger partial charge in [-0.15, -0.1) is 0 Å². The first-order valence-electron chi connectivity index (χ1n) is 7.57. The fourth-order valence-corrected chi connectivity index (χ4v) is 2.93. The number of hydrogen-bond acceptors (Lipinski definition) is 5. The quantitative estimate of drug-likeness (QED) is 0.933. The van der Waals surface area contributed by atoms with Gasteiger partial charge in [-0.3, -0.25) is 4.90 Å². The van der Waals surface area contributed by atoms with E-state index < -0.39 is 0 Å². The Hall–Kier alpha value is -1.72. The van der Waals surface area contributed by atoms with E-state index in [2.05, 4.69) is 28.0 Å². The average Bonchev–Trinajstić information content (AvgIpc) is 2.96. The second kappa shape index (κ2) is 6.37. The maximum absolute atomic E-state index is 5.78. The molecule has 3 rings (SSSR count). The second-order valence-electron chi connectivity index (χ2n) is 5.81. The van der Waals surface area contributed by atoms with Crippen LogP contribution in [0.15, 0.2) is 28.8 Å². The highest BCUT2D eigenvalue weighted by molar-refractivity contribution is 5.58. The summed E-state index contributed by atoms with van der Waals surface area (Å²) in [7, 11) is 0. The van der Waals surface area contributed by atoms with Crippen LogP contribution in [0.4, 0.5) is 0 Å². The summed E-state index contributed by atoms with van der Waals surface area (Å²) in [6, 6.07) is 8.09. The van der Waals surface area contributed by atoms with Gasteiger partial charge in [-0.1, -0.05) is 29.4 Å². The molecular weight excluding hydrogens is 264 g/mol. The number of rotatable bonds is 4. The highest BCUT2D eigenvalue weighted by Gasteiger charge is 2.21. The van der Waals surface area contributed by atoms with Crippen molar-refractivity contribution in [2.75, 3.05) is 19.6 Å². The van der Waals surface area contributed by atoms with Gasteiger partial charge < -0.3 is 10.3 Å². The van der Waals surface area contributed by atoms with Crippen molar-refractivity contribution in [2.45, 2.75) is 26.3 Å². The Balaban J connectivity index is 1.69. The third-order valence-corrected chi connectivity index (χ3v) is 4.15. The van der Waals surface area contributed by atoms with Crippen molar-refractivity contribution in [3.05, 3.63) is 35.7 Å². The van der Waals surface area contributed by atoms with Gasteiger partial charge in [0.15, 0.2) is 0 Å². The smallest absolute Gasteiger partial charge is 0.241 e. The number of aromatic nitrogens is 2. The SMILES string of the molecule is Cc1ccccc1-c1noc(CN2CCCC(CN)C2)n1. The summed E-state index contributed by atoms with van der Waals surface area (Å²) in [5.74, 6) is 1.96. The Kier molecular flexibility index (Phi) is 4.31. The number of piperidine rings is 1. The van der Waals surface area contributed by atoms with Crippen molar-refractivity contribution in [1.29, 1.82) is 0 Å². The van der Waals surface area contributed by atoms with Crippen LogP contribution < -0.4 is 5.73 Å². The Bertz CT molecular complexity index is 595. The van der Waals surface area contributed by atoms with Crippen LogP contribution in [0.25, 0.3) is 11.4 Å². The van der Waals surface area contributed by atoms with E-state index in [0.29, 0.717) is 17.6 Å². The Morgan fingerprint density at radius 3 is 3.05 bits per heavy atom. The molecule has 0 aliphatic carbocycles. The van der Waals surface area contributed by atoms with E-state index in [1.54, 1.807) is 0 Å². The van der Waals surface area contributed by atoms with E-state index in [-0.39, 0.29) is 0 Å². The van der Waals surface area contributed by atoms with E-state index >= 15 is 0 Å². The van der Waals surface area contributed by atoms with Crippen LogP contribution in [-0.4, -0.2) is 34.7 Å². The molecule has 1 saturated heterocycles. The molecule has 2 heterocycles. The van der Waals surface area contributed by atoms with Crippen LogP contribution >= 0.6 is 0 Å². The van der Waals surface area contributed by atoms with Crippen LogP contribution in [0.2, 0.25) is 0 Å². The number of benzene rings is 1. The summed E-state index contributed by atoms with van der Waals surface area (Å²) in [6.45, 7) is 5.64. The van der Waals surface area contributed by atoms with Gasteiger partial charge in [0.25, 0.3) is 0 Å². The number of nitrogens with two attached hydrogens (primary N) is 1. The van der Waals surface area contributed by atoms with Crippen molar-refractivity contribution < 1.29 is 4.52 Å². The molecule has 5 nitrogen and oxygen atoms in total. The Labute approximate surface area is 125 Å². The lowest BCUT2D eigenvalue weighted by molar-refractivity contribution is 0.153. The minimum atomic E-state index is 0.595. The molecule has 2 N–H and O–H groups in total. The zero-order chi connectivity index (χ0) is 14.7. The highest BCUT2D eigenvalue weighted by atomic mass is 16.5. The van der Waals surface area contributed by atoms with Crippen molar-refractivity contribution in [3.8, 4) is 11.4 Å². The fraction of sp³-hybridized carbons (Fsp3) is 0.500. The summed E-state index contributed by atoms with van der Waals surface area (Å²) in [4.78, 5) is 6.89. The van der Waals surface area contributed by atoms with Crippen molar-refractivity contribution in [3.63, 3.8) is 0 Å². The van der Waals surface area contributed by atoms with Crippen LogP contribution in [-0.2, 0) is 6.54 Å². The lowest BCUT2D eigenvalue weighted by atomic mass is 9.98. The Morgan fingerprint density at radius 2 is 2.24 bits per heavy atom. The molecule has 0 radical (unpaired) electrons. The minimum absolute atomic E-state index is 0.595. The molecule has 1 fully saturated rings. The number of likely N-dealkylation sites (tertiary alicyclic amines) is 1. The van der Waals surface area contributed by atoms with Gasteiger partial charge in [-0.05, 0) is 44.3 Å². The molecular formula is C16H22N4O. The summed E-state index contributed by atoms with van der Waals surface area (Å²) in [5.41, 5.74) is 7.97. The summed E-state index contributed by atoms with van der Waals surface area (Å²) >= 11 is 0. The molecule has 0 amide bonds. The molecule has 5 heteroatoms. The second-order valence-corrected chi connectivity index (χ2v) is 5.81. The van der Waals surface area contributed by atoms with Crippen LogP contribution in [0.3, 0.4) is 0 Å². The topological polar surface area (TPSA) is 68.2 Å². The third-order valence-electron chi connectivity index (χ3n) is 4.15. The van der Waals surface area contributed by atoms with E-state index in [4.69, 9.17) is 10.3 Å². The van der Waals surface area contributed by atoms with E-state index in [1.165, 1.54) is 12.8 Å². The average molecular weight is 286 g/mol. The van der Waals surface area contributed by atoms with Gasteiger partial charge in [-0.2, -0.15) is 4.98 Å².